The topological polar surface area (TPSA) is 122 Å². The molecule has 0 bridgehead atoms. The largest absolute Gasteiger partial charge is 0.493 e. The maximum Gasteiger partial charge on any atom is 0.343 e. The van der Waals surface area contributed by atoms with Crippen molar-refractivity contribution in [2.24, 2.45) is 0 Å². The van der Waals surface area contributed by atoms with Crippen molar-refractivity contribution in [1.82, 2.24) is 0 Å². The number of nitrogens with zero attached hydrogens (tertiary/aromatic N) is 2. The van der Waals surface area contributed by atoms with Crippen LogP contribution in [0.25, 0.3) is 0 Å². The van der Waals surface area contributed by atoms with Crippen molar-refractivity contribution in [3.8, 4) is 11.5 Å². The number of carbonyl (C=O) groups excluding carboxylic acids is 1. The fourth-order valence-corrected chi connectivity index (χ4v) is 1.76. The summed E-state index contributed by atoms with van der Waals surface area (Å²) < 4.78 is 10.0. The number of nitro benzene ring substituents is 2. The lowest BCUT2D eigenvalue weighted by Crippen LogP contribution is -2.10. The van der Waals surface area contributed by atoms with Crippen molar-refractivity contribution in [2.75, 3.05) is 7.11 Å². The van der Waals surface area contributed by atoms with Crippen molar-refractivity contribution >= 4 is 17.3 Å². The Balaban J connectivity index is 2.32. The Morgan fingerprint density at radius 3 is 2.22 bits per heavy atom. The van der Waals surface area contributed by atoms with E-state index in [4.69, 9.17) is 9.47 Å². The summed E-state index contributed by atoms with van der Waals surface area (Å²) in [7, 11) is 1.31. The van der Waals surface area contributed by atoms with Gasteiger partial charge in [0.25, 0.3) is 11.4 Å². The second-order valence-electron chi connectivity index (χ2n) is 4.29. The Kier molecular flexibility index (Phi) is 4.50. The third-order valence-corrected chi connectivity index (χ3v) is 2.85. The molecule has 0 amide bonds. The van der Waals surface area contributed by atoms with Gasteiger partial charge >= 0.3 is 5.97 Å². The molecule has 0 aliphatic carbocycles. The third-order valence-electron chi connectivity index (χ3n) is 2.85. The van der Waals surface area contributed by atoms with Crippen LogP contribution in [0.1, 0.15) is 10.4 Å². The zero-order valence-electron chi connectivity index (χ0n) is 11.8. The number of ether oxygens (including phenoxy) is 2. The van der Waals surface area contributed by atoms with Crippen molar-refractivity contribution in [2.45, 2.75) is 0 Å². The summed E-state index contributed by atoms with van der Waals surface area (Å²) in [5.74, 6) is -0.930. The molecule has 9 nitrogen and oxygen atoms in total. The van der Waals surface area contributed by atoms with Crippen LogP contribution in [0.5, 0.6) is 11.5 Å². The van der Waals surface area contributed by atoms with Crippen molar-refractivity contribution in [1.29, 1.82) is 0 Å². The molecule has 2 aromatic carbocycles. The fraction of sp³-hybridized carbons (Fsp3) is 0.0714. The first kappa shape index (κ1) is 15.9. The van der Waals surface area contributed by atoms with Gasteiger partial charge in [-0.25, -0.2) is 4.79 Å². The van der Waals surface area contributed by atoms with Crippen LogP contribution >= 0.6 is 0 Å². The minimum atomic E-state index is -0.896. The summed E-state index contributed by atoms with van der Waals surface area (Å²) in [5, 5.41) is 21.5. The first-order valence-electron chi connectivity index (χ1n) is 6.21. The van der Waals surface area contributed by atoms with Crippen molar-refractivity contribution < 1.29 is 24.1 Å². The first-order chi connectivity index (χ1) is 10.9. The molecule has 0 radical (unpaired) electrons. The van der Waals surface area contributed by atoms with Gasteiger partial charge < -0.3 is 9.47 Å². The molecular weight excluding hydrogens is 308 g/mol. The summed E-state index contributed by atoms with van der Waals surface area (Å²) in [6, 6.07) is 8.46. The normalized spacial score (nSPS) is 9.96. The number of non-ortho nitro benzene ring substituents is 2. The highest BCUT2D eigenvalue weighted by Gasteiger charge is 2.18. The molecule has 9 heteroatoms. The third kappa shape index (κ3) is 3.59. The van der Waals surface area contributed by atoms with Crippen LogP contribution in [0.2, 0.25) is 0 Å². The van der Waals surface area contributed by atoms with Crippen LogP contribution in [0.4, 0.5) is 11.4 Å². The summed E-state index contributed by atoms with van der Waals surface area (Å²) in [5.41, 5.74) is -0.620. The lowest BCUT2D eigenvalue weighted by Gasteiger charge is -2.08. The predicted molar refractivity (Wildman–Crippen MR) is 77.7 cm³/mol. The second-order valence-corrected chi connectivity index (χ2v) is 4.29. The van der Waals surface area contributed by atoms with Gasteiger partial charge in [0.15, 0.2) is 11.5 Å². The second kappa shape index (κ2) is 6.52. The van der Waals surface area contributed by atoms with E-state index in [-0.39, 0.29) is 28.4 Å². The first-order valence-corrected chi connectivity index (χ1v) is 6.21. The van der Waals surface area contributed by atoms with Gasteiger partial charge in [0.05, 0.1) is 28.6 Å². The average Bonchev–Trinajstić information content (AvgIpc) is 2.54. The molecule has 0 heterocycles. The lowest BCUT2D eigenvalue weighted by molar-refractivity contribution is -0.385. The molecule has 0 aliphatic rings. The smallest absolute Gasteiger partial charge is 0.343 e. The maximum absolute atomic E-state index is 12.1. The Hall–Kier alpha value is -3.49. The fourth-order valence-electron chi connectivity index (χ4n) is 1.76. The van der Waals surface area contributed by atoms with E-state index in [1.165, 1.54) is 37.4 Å². The average molecular weight is 318 g/mol. The van der Waals surface area contributed by atoms with Crippen LogP contribution in [0.15, 0.2) is 42.5 Å². The van der Waals surface area contributed by atoms with Crippen molar-refractivity contribution in [3.63, 3.8) is 0 Å². The molecule has 0 aliphatic heterocycles. The van der Waals surface area contributed by atoms with Crippen molar-refractivity contribution in [3.05, 3.63) is 68.3 Å². The SMILES string of the molecule is COc1ccc([N+](=O)[O-])cc1OC(=O)c1cccc([N+](=O)[O-])c1. The highest BCUT2D eigenvalue weighted by Crippen LogP contribution is 2.31. The quantitative estimate of drug-likeness (QED) is 0.359. The monoisotopic (exact) mass is 318 g/mol. The van der Waals surface area contributed by atoms with E-state index < -0.39 is 15.8 Å². The summed E-state index contributed by atoms with van der Waals surface area (Å²) >= 11 is 0. The Bertz CT molecular complexity index is 788. The Labute approximate surface area is 129 Å². The van der Waals surface area contributed by atoms with Crippen LogP contribution in [0.3, 0.4) is 0 Å². The number of esters is 1. The number of methoxy groups -OCH3 is 1. The number of hydrogen-bond donors (Lipinski definition) is 0. The van der Waals surface area contributed by atoms with Gasteiger partial charge in [-0.1, -0.05) is 6.07 Å². The molecule has 0 saturated carbocycles. The van der Waals surface area contributed by atoms with E-state index in [0.717, 1.165) is 12.1 Å². The van der Waals surface area contributed by atoms with Gasteiger partial charge in [-0.3, -0.25) is 20.2 Å². The van der Waals surface area contributed by atoms with Crippen LogP contribution in [-0.2, 0) is 0 Å². The Morgan fingerprint density at radius 2 is 1.61 bits per heavy atom. The van der Waals surface area contributed by atoms with Crippen LogP contribution in [-0.4, -0.2) is 22.9 Å². The van der Waals surface area contributed by atoms with E-state index in [1.54, 1.807) is 0 Å². The summed E-state index contributed by atoms with van der Waals surface area (Å²) in [6.07, 6.45) is 0. The minimum Gasteiger partial charge on any atom is -0.493 e. The van der Waals surface area contributed by atoms with E-state index in [9.17, 15) is 25.0 Å². The molecule has 2 aromatic rings. The van der Waals surface area contributed by atoms with Gasteiger partial charge in [-0.2, -0.15) is 0 Å². The highest BCUT2D eigenvalue weighted by atomic mass is 16.6. The molecule has 0 saturated heterocycles. The molecule has 0 spiro atoms. The molecule has 23 heavy (non-hydrogen) atoms. The van der Waals surface area contributed by atoms with Crippen LogP contribution < -0.4 is 9.47 Å². The van der Waals surface area contributed by atoms with Crippen LogP contribution in [0, 0.1) is 20.2 Å². The highest BCUT2D eigenvalue weighted by molar-refractivity contribution is 5.92. The zero-order chi connectivity index (χ0) is 17.0. The molecule has 0 unspecified atom stereocenters. The van der Waals surface area contributed by atoms with Gasteiger partial charge in [-0.05, 0) is 12.1 Å². The molecule has 0 atom stereocenters. The van der Waals surface area contributed by atoms with Gasteiger partial charge in [0.2, 0.25) is 0 Å². The molecule has 0 N–H and O–H groups in total. The summed E-state index contributed by atoms with van der Waals surface area (Å²) in [6.45, 7) is 0. The predicted octanol–water partition coefficient (Wildman–Crippen LogP) is 2.73. The zero-order valence-corrected chi connectivity index (χ0v) is 11.8. The minimum absolute atomic E-state index is 0.0623. The molecule has 0 fully saturated rings. The number of carbonyl (C=O) groups is 1. The Morgan fingerprint density at radius 1 is 0.957 bits per heavy atom. The van der Waals surface area contributed by atoms with E-state index in [2.05, 4.69) is 0 Å². The molecule has 0 aromatic heterocycles. The van der Waals surface area contributed by atoms with Gasteiger partial charge in [-0.15, -0.1) is 0 Å². The molecular formula is C14H10N2O7. The number of rotatable bonds is 5. The number of nitro groups is 2. The standard InChI is InChI=1S/C14H10N2O7/c1-22-12-6-5-11(16(20)21)8-13(12)23-14(17)9-3-2-4-10(7-9)15(18)19/h2-8H,1H3. The maximum atomic E-state index is 12.1. The van der Waals surface area contributed by atoms with Gasteiger partial charge in [0.1, 0.15) is 0 Å². The van der Waals surface area contributed by atoms with E-state index in [1.807, 2.05) is 0 Å². The van der Waals surface area contributed by atoms with E-state index >= 15 is 0 Å². The molecule has 2 rings (SSSR count). The summed E-state index contributed by atoms with van der Waals surface area (Å²) in [4.78, 5) is 32.3. The van der Waals surface area contributed by atoms with Gasteiger partial charge in [0, 0.05) is 18.2 Å². The lowest BCUT2D eigenvalue weighted by atomic mass is 10.2. The number of benzene rings is 2. The number of hydrogen-bond acceptors (Lipinski definition) is 7. The van der Waals surface area contributed by atoms with E-state index in [0.29, 0.717) is 0 Å². The molecule has 118 valence electrons.